The first-order valence-electron chi connectivity index (χ1n) is 8.88. The maximum atomic E-state index is 10.5. The number of para-hydroxylation sites is 2. The molecule has 1 unspecified atom stereocenters. The second kappa shape index (κ2) is 7.27. The number of imidazole rings is 1. The molecule has 0 amide bonds. The Morgan fingerprint density at radius 2 is 1.96 bits per heavy atom. The molecule has 1 saturated heterocycles. The number of aromatic nitrogens is 2. The van der Waals surface area contributed by atoms with Crippen LogP contribution in [-0.4, -0.2) is 46.2 Å². The molecule has 6 heteroatoms. The molecule has 0 bridgehead atoms. The van der Waals surface area contributed by atoms with Crippen LogP contribution in [0.2, 0.25) is 5.02 Å². The van der Waals surface area contributed by atoms with E-state index >= 15 is 0 Å². The number of nitrogens with zero attached hydrogens (tertiary/aromatic N) is 2. The first-order chi connectivity index (χ1) is 12.6. The van der Waals surface area contributed by atoms with Crippen LogP contribution in [0.25, 0.3) is 11.0 Å². The van der Waals surface area contributed by atoms with E-state index in [1.807, 2.05) is 24.3 Å². The van der Waals surface area contributed by atoms with Gasteiger partial charge >= 0.3 is 0 Å². The summed E-state index contributed by atoms with van der Waals surface area (Å²) < 4.78 is 6.44. The lowest BCUT2D eigenvalue weighted by Gasteiger charge is -2.31. The van der Waals surface area contributed by atoms with E-state index in [-0.39, 0.29) is 11.9 Å². The van der Waals surface area contributed by atoms with E-state index in [0.29, 0.717) is 16.4 Å². The highest BCUT2D eigenvalue weighted by Gasteiger charge is 2.29. The minimum atomic E-state index is -0.537. The van der Waals surface area contributed by atoms with Gasteiger partial charge in [0, 0.05) is 18.7 Å². The Morgan fingerprint density at radius 1 is 1.19 bits per heavy atom. The minimum absolute atomic E-state index is 0.0973. The average molecular weight is 372 g/mol. The number of hydrogen-bond donors (Lipinski definition) is 2. The number of aromatic hydroxyl groups is 1. The number of halogens is 1. The maximum Gasteiger partial charge on any atom is 0.145 e. The van der Waals surface area contributed by atoms with Gasteiger partial charge in [0.25, 0.3) is 0 Å². The lowest BCUT2D eigenvalue weighted by molar-refractivity contribution is -0.0271. The molecule has 2 heterocycles. The summed E-state index contributed by atoms with van der Waals surface area (Å²) >= 11 is 6.42. The molecule has 1 aliphatic rings. The monoisotopic (exact) mass is 371 g/mol. The standard InChI is InChI=1S/C20H22ClN3O2/c1-24-11-9-13(10-12-24)26-19(18-14(21)5-4-8-17(18)25)20-22-15-6-2-3-7-16(15)23-20/h2-8,13,19,25H,9-12H2,1H3,(H,22,23). The van der Waals surface area contributed by atoms with Crippen molar-refractivity contribution in [3.8, 4) is 5.75 Å². The first-order valence-corrected chi connectivity index (χ1v) is 9.25. The number of phenolic OH excluding ortho intramolecular Hbond substituents is 1. The number of hydrogen-bond acceptors (Lipinski definition) is 4. The van der Waals surface area contributed by atoms with Crippen LogP contribution >= 0.6 is 11.6 Å². The van der Waals surface area contributed by atoms with Crippen molar-refractivity contribution in [2.75, 3.05) is 20.1 Å². The Bertz CT molecular complexity index is 850. The van der Waals surface area contributed by atoms with Crippen molar-refractivity contribution in [2.45, 2.75) is 25.0 Å². The van der Waals surface area contributed by atoms with Gasteiger partial charge < -0.3 is 19.7 Å². The molecule has 1 aliphatic heterocycles. The fraction of sp³-hybridized carbons (Fsp3) is 0.350. The van der Waals surface area contributed by atoms with Crippen molar-refractivity contribution in [1.29, 1.82) is 0 Å². The highest BCUT2D eigenvalue weighted by atomic mass is 35.5. The number of likely N-dealkylation sites (tertiary alicyclic amines) is 1. The zero-order chi connectivity index (χ0) is 18.1. The summed E-state index contributed by atoms with van der Waals surface area (Å²) in [6.07, 6.45) is 1.45. The zero-order valence-electron chi connectivity index (χ0n) is 14.7. The predicted octanol–water partition coefficient (Wildman–Crippen LogP) is 4.12. The Labute approximate surface area is 157 Å². The molecule has 3 aromatic rings. The van der Waals surface area contributed by atoms with Gasteiger partial charge in [-0.15, -0.1) is 0 Å². The third-order valence-corrected chi connectivity index (χ3v) is 5.27. The smallest absolute Gasteiger partial charge is 0.145 e. The van der Waals surface area contributed by atoms with E-state index in [0.717, 1.165) is 37.0 Å². The quantitative estimate of drug-likeness (QED) is 0.724. The minimum Gasteiger partial charge on any atom is -0.508 e. The van der Waals surface area contributed by atoms with E-state index in [9.17, 15) is 5.11 Å². The normalized spacial score (nSPS) is 17.6. The Morgan fingerprint density at radius 3 is 2.69 bits per heavy atom. The van der Waals surface area contributed by atoms with Crippen molar-refractivity contribution in [1.82, 2.24) is 14.9 Å². The molecule has 26 heavy (non-hydrogen) atoms. The van der Waals surface area contributed by atoms with Crippen molar-refractivity contribution in [2.24, 2.45) is 0 Å². The Kier molecular flexibility index (Phi) is 4.85. The van der Waals surface area contributed by atoms with Crippen LogP contribution < -0.4 is 0 Å². The molecule has 2 N–H and O–H groups in total. The number of aromatic amines is 1. The van der Waals surface area contributed by atoms with Gasteiger partial charge in [-0.1, -0.05) is 29.8 Å². The van der Waals surface area contributed by atoms with Crippen molar-refractivity contribution >= 4 is 22.6 Å². The molecule has 0 saturated carbocycles. The van der Waals surface area contributed by atoms with Gasteiger partial charge in [-0.05, 0) is 44.2 Å². The third-order valence-electron chi connectivity index (χ3n) is 4.94. The molecule has 0 radical (unpaired) electrons. The number of H-pyrrole nitrogens is 1. The maximum absolute atomic E-state index is 10.5. The number of fused-ring (bicyclic) bond motifs is 1. The summed E-state index contributed by atoms with van der Waals surface area (Å²) in [7, 11) is 2.12. The number of ether oxygens (including phenoxy) is 1. The second-order valence-corrected chi connectivity index (χ2v) is 7.24. The first kappa shape index (κ1) is 17.3. The number of piperidine rings is 1. The van der Waals surface area contributed by atoms with Gasteiger partial charge in [-0.2, -0.15) is 0 Å². The molecular formula is C20H22ClN3O2. The van der Waals surface area contributed by atoms with Gasteiger partial charge in [0.2, 0.25) is 0 Å². The molecule has 136 valence electrons. The van der Waals surface area contributed by atoms with Crippen molar-refractivity contribution in [3.63, 3.8) is 0 Å². The van der Waals surface area contributed by atoms with Crippen LogP contribution in [0.4, 0.5) is 0 Å². The number of phenols is 1. The largest absolute Gasteiger partial charge is 0.508 e. The predicted molar refractivity (Wildman–Crippen MR) is 103 cm³/mol. The summed E-state index contributed by atoms with van der Waals surface area (Å²) in [5.74, 6) is 0.782. The van der Waals surface area contributed by atoms with Crippen molar-refractivity contribution < 1.29 is 9.84 Å². The highest BCUT2D eigenvalue weighted by Crippen LogP contribution is 2.38. The topological polar surface area (TPSA) is 61.4 Å². The van der Waals surface area contributed by atoms with E-state index in [1.165, 1.54) is 0 Å². The third kappa shape index (κ3) is 3.43. The lowest BCUT2D eigenvalue weighted by Crippen LogP contribution is -2.35. The molecule has 5 nitrogen and oxygen atoms in total. The molecule has 2 aromatic carbocycles. The SMILES string of the molecule is CN1CCC(OC(c2nc3ccccc3[nH]2)c2c(O)cccc2Cl)CC1. The van der Waals surface area contributed by atoms with E-state index < -0.39 is 6.10 Å². The molecular weight excluding hydrogens is 350 g/mol. The van der Waals surface area contributed by atoms with Gasteiger partial charge in [-0.25, -0.2) is 4.98 Å². The van der Waals surface area contributed by atoms with E-state index in [2.05, 4.69) is 16.9 Å². The Hall–Kier alpha value is -2.08. The van der Waals surface area contributed by atoms with Gasteiger partial charge in [0.1, 0.15) is 17.7 Å². The molecule has 1 aromatic heterocycles. The zero-order valence-corrected chi connectivity index (χ0v) is 15.4. The summed E-state index contributed by atoms with van der Waals surface area (Å²) in [5, 5.41) is 10.9. The summed E-state index contributed by atoms with van der Waals surface area (Å²) in [4.78, 5) is 10.3. The number of nitrogens with one attached hydrogen (secondary N) is 1. The van der Waals surface area contributed by atoms with Gasteiger partial charge in [-0.3, -0.25) is 0 Å². The van der Waals surface area contributed by atoms with Crippen LogP contribution in [0.3, 0.4) is 0 Å². The van der Waals surface area contributed by atoms with E-state index in [4.69, 9.17) is 21.3 Å². The number of rotatable bonds is 4. The molecule has 1 atom stereocenters. The molecule has 0 aliphatic carbocycles. The Balaban J connectivity index is 1.73. The van der Waals surface area contributed by atoms with Crippen LogP contribution in [0.1, 0.15) is 30.3 Å². The second-order valence-electron chi connectivity index (χ2n) is 6.83. The molecule has 0 spiro atoms. The van der Waals surface area contributed by atoms with Gasteiger partial charge in [0.15, 0.2) is 0 Å². The van der Waals surface area contributed by atoms with Crippen LogP contribution in [-0.2, 0) is 4.74 Å². The van der Waals surface area contributed by atoms with Gasteiger partial charge in [0.05, 0.1) is 22.2 Å². The van der Waals surface area contributed by atoms with Crippen molar-refractivity contribution in [3.05, 3.63) is 58.9 Å². The summed E-state index contributed by atoms with van der Waals surface area (Å²) in [6, 6.07) is 13.0. The van der Waals surface area contributed by atoms with E-state index in [1.54, 1.807) is 18.2 Å². The summed E-state index contributed by atoms with van der Waals surface area (Å²) in [6.45, 7) is 1.98. The number of benzene rings is 2. The average Bonchev–Trinajstić information content (AvgIpc) is 3.06. The molecule has 1 fully saturated rings. The fourth-order valence-corrected chi connectivity index (χ4v) is 3.73. The van der Waals surface area contributed by atoms with Crippen LogP contribution in [0.5, 0.6) is 5.75 Å². The lowest BCUT2D eigenvalue weighted by atomic mass is 10.0. The fourth-order valence-electron chi connectivity index (χ4n) is 3.46. The van der Waals surface area contributed by atoms with Crippen LogP contribution in [0, 0.1) is 0 Å². The van der Waals surface area contributed by atoms with Crippen LogP contribution in [0.15, 0.2) is 42.5 Å². The molecule has 4 rings (SSSR count). The summed E-state index contributed by atoms with van der Waals surface area (Å²) in [5.41, 5.74) is 2.36. The highest BCUT2D eigenvalue weighted by molar-refractivity contribution is 6.31.